The molecule has 2 aromatic rings. The van der Waals surface area contributed by atoms with E-state index in [1.54, 1.807) is 6.20 Å². The third-order valence-electron chi connectivity index (χ3n) is 4.53. The van der Waals surface area contributed by atoms with Crippen molar-refractivity contribution in [2.24, 2.45) is 5.92 Å². The van der Waals surface area contributed by atoms with Gasteiger partial charge in [0.05, 0.1) is 0 Å². The zero-order valence-electron chi connectivity index (χ0n) is 14.5. The van der Waals surface area contributed by atoms with Crippen LogP contribution in [-0.4, -0.2) is 24.0 Å². The molecule has 0 spiro atoms. The van der Waals surface area contributed by atoms with Crippen LogP contribution in [0.3, 0.4) is 0 Å². The number of anilines is 1. The summed E-state index contributed by atoms with van der Waals surface area (Å²) in [6, 6.07) is 12.1. The van der Waals surface area contributed by atoms with Crippen molar-refractivity contribution in [2.75, 3.05) is 18.0 Å². The number of hydrogen-bond acceptors (Lipinski definition) is 3. The van der Waals surface area contributed by atoms with Gasteiger partial charge in [-0.2, -0.15) is 0 Å². The number of nitrogens with zero attached hydrogens (tertiary/aromatic N) is 2. The van der Waals surface area contributed by atoms with Crippen LogP contribution in [0.2, 0.25) is 0 Å². The molecule has 1 aliphatic heterocycles. The number of hydrogen-bond donors (Lipinski definition) is 1. The molecule has 4 heteroatoms. The minimum absolute atomic E-state index is 0.122. The summed E-state index contributed by atoms with van der Waals surface area (Å²) in [6.07, 6.45) is 4.22. The van der Waals surface area contributed by atoms with Crippen molar-refractivity contribution in [2.45, 2.75) is 33.2 Å². The highest BCUT2D eigenvalue weighted by molar-refractivity contribution is 5.93. The van der Waals surface area contributed by atoms with Crippen LogP contribution >= 0.6 is 0 Å². The Kier molecular flexibility index (Phi) is 5.14. The van der Waals surface area contributed by atoms with Crippen molar-refractivity contribution in [3.63, 3.8) is 0 Å². The van der Waals surface area contributed by atoms with Gasteiger partial charge in [0.15, 0.2) is 0 Å². The molecule has 3 rings (SSSR count). The minimum Gasteiger partial charge on any atom is -0.371 e. The molecule has 1 fully saturated rings. The van der Waals surface area contributed by atoms with Gasteiger partial charge in [-0.15, -0.1) is 0 Å². The monoisotopic (exact) mass is 323 g/mol. The second-order valence-electron chi connectivity index (χ2n) is 6.76. The van der Waals surface area contributed by atoms with Crippen LogP contribution in [0.4, 0.5) is 5.69 Å². The molecule has 1 unspecified atom stereocenters. The molecule has 24 heavy (non-hydrogen) atoms. The molecular weight excluding hydrogens is 298 g/mol. The summed E-state index contributed by atoms with van der Waals surface area (Å²) in [7, 11) is 0. The summed E-state index contributed by atoms with van der Waals surface area (Å²) in [4.78, 5) is 19.0. The van der Waals surface area contributed by atoms with Gasteiger partial charge in [0, 0.05) is 31.5 Å². The molecule has 1 atom stereocenters. The van der Waals surface area contributed by atoms with Crippen molar-refractivity contribution in [1.29, 1.82) is 0 Å². The van der Waals surface area contributed by atoms with Gasteiger partial charge in [0.25, 0.3) is 5.91 Å². The number of rotatable bonds is 4. The topological polar surface area (TPSA) is 45.2 Å². The maximum Gasteiger partial charge on any atom is 0.270 e. The number of amides is 1. The summed E-state index contributed by atoms with van der Waals surface area (Å²) in [5, 5.41) is 2.96. The van der Waals surface area contributed by atoms with Crippen molar-refractivity contribution >= 4 is 11.6 Å². The fourth-order valence-corrected chi connectivity index (χ4v) is 3.26. The Labute approximate surface area is 143 Å². The van der Waals surface area contributed by atoms with Crippen molar-refractivity contribution in [1.82, 2.24) is 10.3 Å². The maximum absolute atomic E-state index is 12.4. The zero-order chi connectivity index (χ0) is 16.9. The normalized spacial score (nSPS) is 17.6. The molecule has 1 aliphatic rings. The van der Waals surface area contributed by atoms with Crippen molar-refractivity contribution < 1.29 is 4.79 Å². The van der Waals surface area contributed by atoms with Gasteiger partial charge in [-0.05, 0) is 43.4 Å². The Balaban J connectivity index is 1.65. The second kappa shape index (κ2) is 7.47. The van der Waals surface area contributed by atoms with Crippen LogP contribution in [-0.2, 0) is 6.54 Å². The number of aromatic nitrogens is 1. The summed E-state index contributed by atoms with van der Waals surface area (Å²) in [5.74, 6) is 0.578. The SMILES string of the molecule is Cc1cccc(CNC(=O)c2cc(N3CCCC(C)C3)ccn2)c1. The summed E-state index contributed by atoms with van der Waals surface area (Å²) >= 11 is 0. The fraction of sp³-hybridized carbons (Fsp3) is 0.400. The molecule has 1 amide bonds. The van der Waals surface area contributed by atoms with Crippen LogP contribution in [0, 0.1) is 12.8 Å². The van der Waals surface area contributed by atoms with E-state index in [0.717, 1.165) is 24.3 Å². The largest absolute Gasteiger partial charge is 0.371 e. The van der Waals surface area contributed by atoms with Gasteiger partial charge in [0.2, 0.25) is 0 Å². The van der Waals surface area contributed by atoms with Crippen LogP contribution in [0.15, 0.2) is 42.6 Å². The highest BCUT2D eigenvalue weighted by atomic mass is 16.1. The Bertz CT molecular complexity index is 714. The maximum atomic E-state index is 12.4. The lowest BCUT2D eigenvalue weighted by Gasteiger charge is -2.32. The standard InChI is InChI=1S/C20H25N3O/c1-15-5-3-7-17(11-15)13-22-20(24)19-12-18(8-9-21-19)23-10-4-6-16(2)14-23/h3,5,7-9,11-12,16H,4,6,10,13-14H2,1-2H3,(H,22,24). The number of carbonyl (C=O) groups excluding carboxylic acids is 1. The highest BCUT2D eigenvalue weighted by Crippen LogP contribution is 2.23. The fourth-order valence-electron chi connectivity index (χ4n) is 3.26. The Morgan fingerprint density at radius 3 is 3.00 bits per heavy atom. The molecule has 1 aromatic carbocycles. The van der Waals surface area contributed by atoms with Gasteiger partial charge in [0.1, 0.15) is 5.69 Å². The summed E-state index contributed by atoms with van der Waals surface area (Å²) < 4.78 is 0. The lowest BCUT2D eigenvalue weighted by molar-refractivity contribution is 0.0946. The molecule has 1 saturated heterocycles. The summed E-state index contributed by atoms with van der Waals surface area (Å²) in [5.41, 5.74) is 3.88. The first-order chi connectivity index (χ1) is 11.6. The number of aryl methyl sites for hydroxylation is 1. The second-order valence-corrected chi connectivity index (χ2v) is 6.76. The number of nitrogens with one attached hydrogen (secondary N) is 1. The number of piperidine rings is 1. The molecule has 1 aromatic heterocycles. The lowest BCUT2D eigenvalue weighted by atomic mass is 10.00. The van der Waals surface area contributed by atoms with E-state index in [9.17, 15) is 4.79 Å². The van der Waals surface area contributed by atoms with Gasteiger partial charge < -0.3 is 10.2 Å². The molecule has 4 nitrogen and oxygen atoms in total. The van der Waals surface area contributed by atoms with Gasteiger partial charge in [-0.3, -0.25) is 9.78 Å². The number of carbonyl (C=O) groups is 1. The predicted molar refractivity (Wildman–Crippen MR) is 97.2 cm³/mol. The van der Waals surface area contributed by atoms with E-state index in [2.05, 4.69) is 41.2 Å². The average Bonchev–Trinajstić information content (AvgIpc) is 2.60. The number of pyridine rings is 1. The smallest absolute Gasteiger partial charge is 0.270 e. The Morgan fingerprint density at radius 2 is 2.21 bits per heavy atom. The zero-order valence-corrected chi connectivity index (χ0v) is 14.5. The highest BCUT2D eigenvalue weighted by Gasteiger charge is 2.18. The molecule has 1 N–H and O–H groups in total. The van der Waals surface area contributed by atoms with Crippen molar-refractivity contribution in [3.8, 4) is 0 Å². The van der Waals surface area contributed by atoms with Crippen LogP contribution < -0.4 is 10.2 Å². The minimum atomic E-state index is -0.122. The first kappa shape index (κ1) is 16.5. The molecule has 2 heterocycles. The van der Waals surface area contributed by atoms with Gasteiger partial charge in [-0.25, -0.2) is 0 Å². The van der Waals surface area contributed by atoms with Gasteiger partial charge >= 0.3 is 0 Å². The Hall–Kier alpha value is -2.36. The molecule has 126 valence electrons. The first-order valence-electron chi connectivity index (χ1n) is 8.66. The third-order valence-corrected chi connectivity index (χ3v) is 4.53. The van der Waals surface area contributed by atoms with Crippen molar-refractivity contribution in [3.05, 3.63) is 59.4 Å². The van der Waals surface area contributed by atoms with E-state index in [-0.39, 0.29) is 5.91 Å². The van der Waals surface area contributed by atoms with Crippen LogP contribution in [0.5, 0.6) is 0 Å². The summed E-state index contributed by atoms with van der Waals surface area (Å²) in [6.45, 7) is 6.96. The average molecular weight is 323 g/mol. The van der Waals surface area contributed by atoms with E-state index < -0.39 is 0 Å². The molecule has 0 radical (unpaired) electrons. The van der Waals surface area contributed by atoms with Crippen LogP contribution in [0.1, 0.15) is 41.4 Å². The van der Waals surface area contributed by atoms with Crippen LogP contribution in [0.25, 0.3) is 0 Å². The van der Waals surface area contributed by atoms with E-state index in [1.807, 2.05) is 24.3 Å². The first-order valence-corrected chi connectivity index (χ1v) is 8.66. The quantitative estimate of drug-likeness (QED) is 0.936. The van der Waals surface area contributed by atoms with Gasteiger partial charge in [-0.1, -0.05) is 36.8 Å². The molecule has 0 aliphatic carbocycles. The molecular formula is C20H25N3O. The third kappa shape index (κ3) is 4.13. The molecule has 0 bridgehead atoms. The predicted octanol–water partition coefficient (Wildman–Crippen LogP) is 3.56. The Morgan fingerprint density at radius 1 is 1.33 bits per heavy atom. The molecule has 0 saturated carbocycles. The number of benzene rings is 1. The van der Waals surface area contributed by atoms with E-state index in [1.165, 1.54) is 18.4 Å². The van der Waals surface area contributed by atoms with E-state index >= 15 is 0 Å². The van der Waals surface area contributed by atoms with E-state index in [4.69, 9.17) is 0 Å². The lowest BCUT2D eigenvalue weighted by Crippen LogP contribution is -2.34. The van der Waals surface area contributed by atoms with E-state index in [0.29, 0.717) is 18.2 Å².